The van der Waals surface area contributed by atoms with E-state index in [1.807, 2.05) is 43.3 Å². The fourth-order valence-corrected chi connectivity index (χ4v) is 4.28. The van der Waals surface area contributed by atoms with Crippen molar-refractivity contribution in [2.75, 3.05) is 11.9 Å². The highest BCUT2D eigenvalue weighted by atomic mass is 79.9. The summed E-state index contributed by atoms with van der Waals surface area (Å²) in [7, 11) is 0. The van der Waals surface area contributed by atoms with E-state index in [1.54, 1.807) is 36.4 Å². The molecule has 0 unspecified atom stereocenters. The molecule has 0 aliphatic heterocycles. The first-order valence-corrected chi connectivity index (χ1v) is 11.4. The van der Waals surface area contributed by atoms with Gasteiger partial charge in [0.25, 0.3) is 5.91 Å². The Kier molecular flexibility index (Phi) is 8.48. The third-order valence-electron chi connectivity index (χ3n) is 4.35. The molecule has 32 heavy (non-hydrogen) atoms. The Morgan fingerprint density at radius 1 is 1.03 bits per heavy atom. The quantitative estimate of drug-likeness (QED) is 0.247. The van der Waals surface area contributed by atoms with Crippen LogP contribution in [0.15, 0.2) is 81.2 Å². The molecular weight excluding hydrogens is 536 g/mol. The number of hydrogen-bond donors (Lipinski definition) is 1. The van der Waals surface area contributed by atoms with Crippen LogP contribution in [0.25, 0.3) is 6.08 Å². The number of amides is 1. The van der Waals surface area contributed by atoms with Crippen molar-refractivity contribution in [1.29, 1.82) is 5.26 Å². The zero-order chi connectivity index (χ0) is 22.9. The molecule has 0 aromatic heterocycles. The lowest BCUT2D eigenvalue weighted by Crippen LogP contribution is -2.13. The standard InChI is InChI=1S/C25H20Br2N2O3/c1-2-31-24-22(26)13-18(14-23(24)27)12-19(15-28)25(30)29-20-8-10-21(11-9-20)32-16-17-6-4-3-5-7-17/h3-14H,2,16H2,1H3,(H,29,30)/b19-12+. The van der Waals surface area contributed by atoms with Crippen LogP contribution in [0.1, 0.15) is 18.1 Å². The van der Waals surface area contributed by atoms with Gasteiger partial charge in [0.05, 0.1) is 15.6 Å². The smallest absolute Gasteiger partial charge is 0.266 e. The van der Waals surface area contributed by atoms with Gasteiger partial charge >= 0.3 is 0 Å². The Morgan fingerprint density at radius 2 is 1.69 bits per heavy atom. The summed E-state index contributed by atoms with van der Waals surface area (Å²) in [4.78, 5) is 12.6. The molecule has 0 atom stereocenters. The van der Waals surface area contributed by atoms with E-state index in [9.17, 15) is 10.1 Å². The van der Waals surface area contributed by atoms with Crippen LogP contribution in [0.4, 0.5) is 5.69 Å². The zero-order valence-corrected chi connectivity index (χ0v) is 20.4. The molecule has 7 heteroatoms. The van der Waals surface area contributed by atoms with Crippen LogP contribution in [-0.4, -0.2) is 12.5 Å². The van der Waals surface area contributed by atoms with Crippen molar-refractivity contribution in [2.24, 2.45) is 0 Å². The first kappa shape index (κ1) is 23.6. The number of carbonyl (C=O) groups is 1. The van der Waals surface area contributed by atoms with Crippen LogP contribution < -0.4 is 14.8 Å². The van der Waals surface area contributed by atoms with E-state index >= 15 is 0 Å². The zero-order valence-electron chi connectivity index (χ0n) is 17.3. The Hall–Kier alpha value is -3.08. The second kappa shape index (κ2) is 11.5. The van der Waals surface area contributed by atoms with Crippen molar-refractivity contribution in [3.63, 3.8) is 0 Å². The second-order valence-electron chi connectivity index (χ2n) is 6.67. The first-order valence-electron chi connectivity index (χ1n) is 9.82. The maximum Gasteiger partial charge on any atom is 0.266 e. The van der Waals surface area contributed by atoms with Gasteiger partial charge in [-0.25, -0.2) is 0 Å². The molecule has 0 aliphatic rings. The van der Waals surface area contributed by atoms with Crippen molar-refractivity contribution < 1.29 is 14.3 Å². The molecule has 0 aliphatic carbocycles. The number of ether oxygens (including phenoxy) is 2. The van der Waals surface area contributed by atoms with Crippen molar-refractivity contribution in [3.8, 4) is 17.6 Å². The Bertz CT molecular complexity index is 1130. The summed E-state index contributed by atoms with van der Waals surface area (Å²) in [6.45, 7) is 2.88. The highest BCUT2D eigenvalue weighted by Gasteiger charge is 2.12. The summed E-state index contributed by atoms with van der Waals surface area (Å²) in [6, 6.07) is 22.4. The van der Waals surface area contributed by atoms with Gasteiger partial charge in [0.1, 0.15) is 29.7 Å². The molecule has 1 amide bonds. The molecule has 0 bridgehead atoms. The topological polar surface area (TPSA) is 71.3 Å². The average Bonchev–Trinajstić information content (AvgIpc) is 2.80. The van der Waals surface area contributed by atoms with E-state index in [-0.39, 0.29) is 5.57 Å². The second-order valence-corrected chi connectivity index (χ2v) is 8.38. The molecule has 1 N–H and O–H groups in total. The van der Waals surface area contributed by atoms with Crippen molar-refractivity contribution in [3.05, 3.63) is 92.4 Å². The van der Waals surface area contributed by atoms with E-state index in [4.69, 9.17) is 9.47 Å². The maximum absolute atomic E-state index is 12.6. The van der Waals surface area contributed by atoms with E-state index in [0.29, 0.717) is 36.0 Å². The van der Waals surface area contributed by atoms with Crippen molar-refractivity contribution in [1.82, 2.24) is 0 Å². The Balaban J connectivity index is 1.66. The van der Waals surface area contributed by atoms with Gasteiger partial charge in [0.2, 0.25) is 0 Å². The van der Waals surface area contributed by atoms with Gasteiger partial charge in [-0.3, -0.25) is 4.79 Å². The van der Waals surface area contributed by atoms with Gasteiger partial charge in [-0.1, -0.05) is 30.3 Å². The molecule has 162 valence electrons. The van der Waals surface area contributed by atoms with Gasteiger partial charge < -0.3 is 14.8 Å². The van der Waals surface area contributed by atoms with Gasteiger partial charge in [0, 0.05) is 5.69 Å². The third kappa shape index (κ3) is 6.46. The van der Waals surface area contributed by atoms with E-state index < -0.39 is 5.91 Å². The number of rotatable bonds is 8. The van der Waals surface area contributed by atoms with Gasteiger partial charge in [-0.15, -0.1) is 0 Å². The molecule has 5 nitrogen and oxygen atoms in total. The maximum atomic E-state index is 12.6. The fraction of sp³-hybridized carbons (Fsp3) is 0.120. The van der Waals surface area contributed by atoms with Gasteiger partial charge in [-0.05, 0) is 92.4 Å². The van der Waals surface area contributed by atoms with Crippen LogP contribution in [0, 0.1) is 11.3 Å². The fourth-order valence-electron chi connectivity index (χ4n) is 2.83. The lowest BCUT2D eigenvalue weighted by atomic mass is 10.1. The number of carbonyl (C=O) groups excluding carboxylic acids is 1. The van der Waals surface area contributed by atoms with E-state index in [1.165, 1.54) is 6.08 Å². The average molecular weight is 556 g/mol. The third-order valence-corrected chi connectivity index (χ3v) is 5.52. The molecule has 0 saturated carbocycles. The molecular formula is C25H20Br2N2O3. The van der Waals surface area contributed by atoms with Crippen molar-refractivity contribution in [2.45, 2.75) is 13.5 Å². The van der Waals surface area contributed by atoms with Crippen LogP contribution in [0.5, 0.6) is 11.5 Å². The molecule has 0 spiro atoms. The normalized spacial score (nSPS) is 10.9. The monoisotopic (exact) mass is 554 g/mol. The number of hydrogen-bond acceptors (Lipinski definition) is 4. The number of anilines is 1. The summed E-state index contributed by atoms with van der Waals surface area (Å²) in [5.41, 5.74) is 2.31. The predicted octanol–water partition coefficient (Wildman–Crippen LogP) is 6.73. The Labute approximate surface area is 203 Å². The summed E-state index contributed by atoms with van der Waals surface area (Å²) in [5, 5.41) is 12.2. The first-order chi connectivity index (χ1) is 15.5. The lowest BCUT2D eigenvalue weighted by molar-refractivity contribution is -0.112. The summed E-state index contributed by atoms with van der Waals surface area (Å²) in [6.07, 6.45) is 1.53. The van der Waals surface area contributed by atoms with Crippen LogP contribution >= 0.6 is 31.9 Å². The molecule has 0 fully saturated rings. The molecule has 0 saturated heterocycles. The molecule has 0 radical (unpaired) electrons. The predicted molar refractivity (Wildman–Crippen MR) is 132 cm³/mol. The van der Waals surface area contributed by atoms with E-state index in [0.717, 1.165) is 14.5 Å². The number of nitriles is 1. The number of halogens is 2. The number of nitrogens with zero attached hydrogens (tertiary/aromatic N) is 1. The summed E-state index contributed by atoms with van der Waals surface area (Å²) in [5.74, 6) is 0.862. The number of nitrogens with one attached hydrogen (secondary N) is 1. The summed E-state index contributed by atoms with van der Waals surface area (Å²) >= 11 is 6.91. The minimum absolute atomic E-state index is 0.0163. The largest absolute Gasteiger partial charge is 0.492 e. The minimum atomic E-state index is -0.494. The molecule has 0 heterocycles. The van der Waals surface area contributed by atoms with Gasteiger partial charge in [0.15, 0.2) is 0 Å². The minimum Gasteiger partial charge on any atom is -0.492 e. The lowest BCUT2D eigenvalue weighted by Gasteiger charge is -2.10. The highest BCUT2D eigenvalue weighted by Crippen LogP contribution is 2.35. The van der Waals surface area contributed by atoms with Gasteiger partial charge in [-0.2, -0.15) is 5.26 Å². The van der Waals surface area contributed by atoms with Crippen LogP contribution in [0.3, 0.4) is 0 Å². The summed E-state index contributed by atoms with van der Waals surface area (Å²) < 4.78 is 12.8. The van der Waals surface area contributed by atoms with Crippen LogP contribution in [0.2, 0.25) is 0 Å². The molecule has 3 aromatic rings. The number of benzene rings is 3. The SMILES string of the molecule is CCOc1c(Br)cc(/C=C(\C#N)C(=O)Nc2ccc(OCc3ccccc3)cc2)cc1Br. The van der Waals surface area contributed by atoms with Crippen LogP contribution in [-0.2, 0) is 11.4 Å². The Morgan fingerprint density at radius 3 is 2.28 bits per heavy atom. The van der Waals surface area contributed by atoms with E-state index in [2.05, 4.69) is 37.2 Å². The van der Waals surface area contributed by atoms with Crippen molar-refractivity contribution >= 4 is 49.5 Å². The highest BCUT2D eigenvalue weighted by molar-refractivity contribution is 9.11. The molecule has 3 aromatic carbocycles. The molecule has 3 rings (SSSR count).